The van der Waals surface area contributed by atoms with E-state index >= 15 is 0 Å². The number of hydrogen-bond donors (Lipinski definition) is 4. The van der Waals surface area contributed by atoms with Gasteiger partial charge >= 0.3 is 0 Å². The molecule has 0 atom stereocenters. The molecule has 0 spiro atoms. The van der Waals surface area contributed by atoms with E-state index in [2.05, 4.69) is 17.9 Å². The number of hydrogen-bond acceptors (Lipinski definition) is 3. The zero-order valence-electron chi connectivity index (χ0n) is 27.0. The fourth-order valence-electron chi connectivity index (χ4n) is 5.79. The van der Waals surface area contributed by atoms with E-state index in [1.165, 1.54) is 186 Å². The fraction of sp³-hybridized carbons (Fsp3) is 0.943. The highest BCUT2D eigenvalue weighted by Gasteiger charge is 1.99. The minimum atomic E-state index is -0.257. The van der Waals surface area contributed by atoms with Crippen molar-refractivity contribution in [3.05, 3.63) is 0 Å². The molecule has 0 saturated carbocycles. The van der Waals surface area contributed by atoms with Crippen molar-refractivity contribution in [1.29, 1.82) is 0 Å². The maximum absolute atomic E-state index is 10.9. The highest BCUT2D eigenvalue weighted by molar-refractivity contribution is 8.11. The van der Waals surface area contributed by atoms with Crippen molar-refractivity contribution in [1.82, 2.24) is 10.8 Å². The van der Waals surface area contributed by atoms with Crippen molar-refractivity contribution >= 4 is 35.1 Å². The molecule has 0 rings (SSSR count). The molecule has 0 aliphatic carbocycles. The summed E-state index contributed by atoms with van der Waals surface area (Å²) in [5, 5.41) is 11.6. The molecule has 0 aromatic carbocycles. The first-order valence-electron chi connectivity index (χ1n) is 18.1. The molecule has 0 fully saturated rings. The molecule has 0 radical (unpaired) electrons. The maximum Gasteiger partial charge on any atom is 0.243 e. The van der Waals surface area contributed by atoms with Gasteiger partial charge in [0.2, 0.25) is 5.91 Å². The zero-order valence-corrected chi connectivity index (χ0v) is 28.8. The molecule has 4 nitrogen and oxygen atoms in total. The van der Waals surface area contributed by atoms with Crippen LogP contribution in [-0.2, 0) is 4.79 Å². The average molecular weight is 615 g/mol. The molecule has 0 saturated heterocycles. The topological polar surface area (TPSA) is 61.4 Å². The Morgan fingerprint density at radius 2 is 0.659 bits per heavy atom. The first-order valence-corrected chi connectivity index (χ1v) is 18.9. The number of amides is 1. The molecule has 1 amide bonds. The van der Waals surface area contributed by atoms with Crippen molar-refractivity contribution < 1.29 is 10.0 Å². The van der Waals surface area contributed by atoms with Crippen LogP contribution < -0.4 is 10.8 Å². The lowest BCUT2D eigenvalue weighted by molar-refractivity contribution is -0.129. The van der Waals surface area contributed by atoms with E-state index in [-0.39, 0.29) is 5.91 Å². The Bertz CT molecular complexity index is 548. The number of thiocarbonyl (C=S) groups is 1. The summed E-state index contributed by atoms with van der Waals surface area (Å²) in [4.78, 5) is 10.9. The summed E-state index contributed by atoms with van der Waals surface area (Å²) in [5.41, 5.74) is 1.70. The number of carbonyl (C=O) groups is 1. The average Bonchev–Trinajstić information content (AvgIpc) is 2.97. The van der Waals surface area contributed by atoms with Crippen molar-refractivity contribution in [2.45, 2.75) is 205 Å². The zero-order chi connectivity index (χ0) is 29.9. The monoisotopic (exact) mass is 614 g/mol. The SMILES string of the molecule is O=C(CCCCCCCCCCCCCCCCCCCCCCCCCCCCCCCCCNC(=S)S)NO. The smallest absolute Gasteiger partial charge is 0.243 e. The maximum atomic E-state index is 10.9. The van der Waals surface area contributed by atoms with Gasteiger partial charge in [0.15, 0.2) is 0 Å². The van der Waals surface area contributed by atoms with Gasteiger partial charge in [-0.05, 0) is 12.8 Å². The number of rotatable bonds is 34. The number of nitrogens with one attached hydrogen (secondary N) is 2. The second-order valence-corrected chi connectivity index (χ2v) is 13.6. The quantitative estimate of drug-likeness (QED) is 0.0191. The molecular formula is C35H70N2O2S2. The van der Waals surface area contributed by atoms with Crippen LogP contribution in [-0.4, -0.2) is 22.0 Å². The van der Waals surface area contributed by atoms with E-state index in [0.29, 0.717) is 10.7 Å². The molecule has 41 heavy (non-hydrogen) atoms. The fourth-order valence-corrected chi connectivity index (χ4v) is 6.00. The molecule has 244 valence electrons. The molecular weight excluding hydrogens is 545 g/mol. The Balaban J connectivity index is 3.05. The highest BCUT2D eigenvalue weighted by atomic mass is 32.1. The summed E-state index contributed by atoms with van der Waals surface area (Å²) in [6.45, 7) is 0.980. The van der Waals surface area contributed by atoms with Gasteiger partial charge in [-0.2, -0.15) is 0 Å². The number of thiol groups is 1. The van der Waals surface area contributed by atoms with E-state index in [1.54, 1.807) is 5.48 Å². The van der Waals surface area contributed by atoms with Crippen molar-refractivity contribution in [3.8, 4) is 0 Å². The predicted molar refractivity (Wildman–Crippen MR) is 187 cm³/mol. The molecule has 0 aromatic rings. The van der Waals surface area contributed by atoms with Crippen LogP contribution in [0.4, 0.5) is 0 Å². The van der Waals surface area contributed by atoms with E-state index in [0.717, 1.165) is 19.4 Å². The normalized spacial score (nSPS) is 11.2. The van der Waals surface area contributed by atoms with Gasteiger partial charge in [0.1, 0.15) is 4.32 Å². The molecule has 3 N–H and O–H groups in total. The second-order valence-electron chi connectivity index (χ2n) is 12.5. The summed E-state index contributed by atoms with van der Waals surface area (Å²) < 4.78 is 0.623. The van der Waals surface area contributed by atoms with E-state index in [4.69, 9.17) is 17.4 Å². The molecule has 0 aliphatic heterocycles. The Morgan fingerprint density at radius 1 is 0.439 bits per heavy atom. The third-order valence-electron chi connectivity index (χ3n) is 8.48. The van der Waals surface area contributed by atoms with Crippen LogP contribution in [0.1, 0.15) is 205 Å². The summed E-state index contributed by atoms with van der Waals surface area (Å²) in [5.74, 6) is -0.257. The third kappa shape index (κ3) is 37.6. The van der Waals surface area contributed by atoms with Crippen LogP contribution in [0.2, 0.25) is 0 Å². The number of carbonyl (C=O) groups excluding carboxylic acids is 1. The van der Waals surface area contributed by atoms with E-state index < -0.39 is 0 Å². The standard InChI is InChI=1S/C35H70N2O2S2/c38-34(37-39)32-30-28-26-24-22-20-18-16-14-12-10-8-6-4-2-1-3-5-7-9-11-13-15-17-19-21-23-25-27-29-31-33-36-35(40)41/h39H,1-33H2,(H,37,38)(H2,36,40,41). The van der Waals surface area contributed by atoms with Crippen molar-refractivity contribution in [3.63, 3.8) is 0 Å². The largest absolute Gasteiger partial charge is 0.371 e. The van der Waals surface area contributed by atoms with Crippen LogP contribution in [0.25, 0.3) is 0 Å². The number of unbranched alkanes of at least 4 members (excludes halogenated alkanes) is 30. The van der Waals surface area contributed by atoms with E-state index in [1.807, 2.05) is 0 Å². The minimum Gasteiger partial charge on any atom is -0.371 e. The van der Waals surface area contributed by atoms with Gasteiger partial charge in [0.05, 0.1) is 0 Å². The summed E-state index contributed by atoms with van der Waals surface area (Å²) in [7, 11) is 0. The lowest BCUT2D eigenvalue weighted by Crippen LogP contribution is -2.17. The molecule has 0 aliphatic rings. The van der Waals surface area contributed by atoms with Gasteiger partial charge in [0, 0.05) is 13.0 Å². The Morgan fingerprint density at radius 3 is 0.878 bits per heavy atom. The Labute approximate surface area is 267 Å². The van der Waals surface area contributed by atoms with Crippen molar-refractivity contribution in [2.75, 3.05) is 6.54 Å². The van der Waals surface area contributed by atoms with Gasteiger partial charge in [-0.15, -0.1) is 12.6 Å². The lowest BCUT2D eigenvalue weighted by Gasteiger charge is -2.05. The lowest BCUT2D eigenvalue weighted by atomic mass is 10.0. The van der Waals surface area contributed by atoms with Gasteiger partial charge < -0.3 is 5.32 Å². The molecule has 0 aromatic heterocycles. The Hall–Kier alpha value is -0.330. The summed E-state index contributed by atoms with van der Waals surface area (Å²) >= 11 is 8.98. The Kier molecular flexibility index (Phi) is 35.6. The van der Waals surface area contributed by atoms with Crippen molar-refractivity contribution in [2.24, 2.45) is 0 Å². The molecule has 6 heteroatoms. The first-order chi connectivity index (χ1) is 20.2. The molecule has 0 heterocycles. The van der Waals surface area contributed by atoms with Gasteiger partial charge in [-0.25, -0.2) is 5.48 Å². The molecule has 0 unspecified atom stereocenters. The molecule has 0 bridgehead atoms. The third-order valence-corrected chi connectivity index (χ3v) is 8.78. The minimum absolute atomic E-state index is 0.257. The summed E-state index contributed by atoms with van der Waals surface area (Å²) in [6.07, 6.45) is 43.2. The number of hydroxylamine groups is 1. The van der Waals surface area contributed by atoms with Crippen LogP contribution in [0.15, 0.2) is 0 Å². The van der Waals surface area contributed by atoms with Crippen LogP contribution in [0.5, 0.6) is 0 Å². The first kappa shape index (κ1) is 40.7. The van der Waals surface area contributed by atoms with Crippen LogP contribution in [0.3, 0.4) is 0 Å². The van der Waals surface area contributed by atoms with E-state index in [9.17, 15) is 4.79 Å². The van der Waals surface area contributed by atoms with Gasteiger partial charge in [-0.3, -0.25) is 10.0 Å². The van der Waals surface area contributed by atoms with Crippen LogP contribution >= 0.6 is 24.8 Å². The van der Waals surface area contributed by atoms with Crippen LogP contribution in [0, 0.1) is 0 Å². The van der Waals surface area contributed by atoms with Gasteiger partial charge in [0.25, 0.3) is 0 Å². The summed E-state index contributed by atoms with van der Waals surface area (Å²) in [6, 6.07) is 0. The highest BCUT2D eigenvalue weighted by Crippen LogP contribution is 2.16. The predicted octanol–water partition coefficient (Wildman–Crippen LogP) is 11.8. The van der Waals surface area contributed by atoms with Gasteiger partial charge in [-0.1, -0.05) is 198 Å². The second kappa shape index (κ2) is 35.9.